The SMILES string of the molecule is O=S(=O)(NC[C@@H]1C[C@H]2CCN1C[C@@H]2CN1CCc2ccccc2C1)c1ccccc1. The molecule has 6 rings (SSSR count). The van der Waals surface area contributed by atoms with E-state index in [0.29, 0.717) is 29.3 Å². The Morgan fingerprint density at radius 3 is 2.50 bits per heavy atom. The van der Waals surface area contributed by atoms with Gasteiger partial charge in [-0.25, -0.2) is 13.1 Å². The monoisotopic (exact) mass is 425 g/mol. The minimum atomic E-state index is -3.43. The van der Waals surface area contributed by atoms with E-state index in [1.165, 1.54) is 17.5 Å². The van der Waals surface area contributed by atoms with Crippen LogP contribution in [0.1, 0.15) is 24.0 Å². The molecule has 4 atom stereocenters. The van der Waals surface area contributed by atoms with E-state index in [1.807, 2.05) is 6.07 Å². The summed E-state index contributed by atoms with van der Waals surface area (Å²) in [7, 11) is -3.43. The van der Waals surface area contributed by atoms with Gasteiger partial charge in [-0.1, -0.05) is 42.5 Å². The van der Waals surface area contributed by atoms with Gasteiger partial charge in [-0.3, -0.25) is 9.80 Å². The zero-order valence-electron chi connectivity index (χ0n) is 17.4. The second kappa shape index (κ2) is 8.42. The summed E-state index contributed by atoms with van der Waals surface area (Å²) >= 11 is 0. The summed E-state index contributed by atoms with van der Waals surface area (Å²) in [5.41, 5.74) is 2.99. The van der Waals surface area contributed by atoms with Gasteiger partial charge in [0.1, 0.15) is 0 Å². The van der Waals surface area contributed by atoms with E-state index >= 15 is 0 Å². The molecular formula is C24H31N3O2S. The average Bonchev–Trinajstić information content (AvgIpc) is 2.79. The maximum atomic E-state index is 12.6. The number of fused-ring (bicyclic) bond motifs is 4. The topological polar surface area (TPSA) is 52.7 Å². The van der Waals surface area contributed by atoms with E-state index in [9.17, 15) is 8.42 Å². The molecule has 0 amide bonds. The van der Waals surface area contributed by atoms with E-state index in [2.05, 4.69) is 38.8 Å². The Hall–Kier alpha value is -1.73. The molecule has 4 heterocycles. The van der Waals surface area contributed by atoms with Crippen molar-refractivity contribution in [1.82, 2.24) is 14.5 Å². The number of benzene rings is 2. The van der Waals surface area contributed by atoms with Gasteiger partial charge >= 0.3 is 0 Å². The first kappa shape index (κ1) is 20.2. The van der Waals surface area contributed by atoms with Crippen molar-refractivity contribution < 1.29 is 8.42 Å². The van der Waals surface area contributed by atoms with Crippen molar-refractivity contribution in [2.45, 2.75) is 36.7 Å². The molecule has 5 nitrogen and oxygen atoms in total. The fraction of sp³-hybridized carbons (Fsp3) is 0.500. The molecule has 0 saturated carbocycles. The van der Waals surface area contributed by atoms with Crippen LogP contribution in [0.4, 0.5) is 0 Å². The number of nitrogens with zero attached hydrogens (tertiary/aromatic N) is 2. The quantitative estimate of drug-likeness (QED) is 0.773. The van der Waals surface area contributed by atoms with Crippen molar-refractivity contribution in [2.75, 3.05) is 32.7 Å². The molecule has 0 aliphatic carbocycles. The van der Waals surface area contributed by atoms with Crippen molar-refractivity contribution in [3.63, 3.8) is 0 Å². The predicted molar refractivity (Wildman–Crippen MR) is 119 cm³/mol. The minimum absolute atomic E-state index is 0.320. The van der Waals surface area contributed by atoms with Crippen LogP contribution in [0.3, 0.4) is 0 Å². The van der Waals surface area contributed by atoms with Gasteiger partial charge in [-0.15, -0.1) is 0 Å². The normalized spacial score (nSPS) is 28.9. The third-order valence-electron chi connectivity index (χ3n) is 7.28. The van der Waals surface area contributed by atoms with Crippen LogP contribution in [0.5, 0.6) is 0 Å². The first-order valence-electron chi connectivity index (χ1n) is 11.2. The lowest BCUT2D eigenvalue weighted by atomic mass is 9.75. The third-order valence-corrected chi connectivity index (χ3v) is 8.72. The van der Waals surface area contributed by atoms with Crippen molar-refractivity contribution >= 4 is 10.0 Å². The second-order valence-corrected chi connectivity index (χ2v) is 10.9. The number of sulfonamides is 1. The molecule has 1 N–H and O–H groups in total. The maximum absolute atomic E-state index is 12.6. The van der Waals surface area contributed by atoms with Crippen molar-refractivity contribution in [3.8, 4) is 0 Å². The second-order valence-electron chi connectivity index (χ2n) is 9.11. The van der Waals surface area contributed by atoms with Gasteiger partial charge in [-0.2, -0.15) is 0 Å². The van der Waals surface area contributed by atoms with Crippen molar-refractivity contribution in [3.05, 3.63) is 65.7 Å². The number of hydrogen-bond acceptors (Lipinski definition) is 4. The van der Waals surface area contributed by atoms with E-state index < -0.39 is 10.0 Å². The summed E-state index contributed by atoms with van der Waals surface area (Å²) in [5.74, 6) is 1.41. The Labute approximate surface area is 180 Å². The first-order valence-corrected chi connectivity index (χ1v) is 12.6. The van der Waals surface area contributed by atoms with E-state index in [-0.39, 0.29) is 0 Å². The van der Waals surface area contributed by atoms with Gasteiger partial charge in [0, 0.05) is 38.8 Å². The third kappa shape index (κ3) is 4.19. The predicted octanol–water partition coefficient (Wildman–Crippen LogP) is 2.73. The highest BCUT2D eigenvalue weighted by atomic mass is 32.2. The molecule has 3 saturated heterocycles. The highest BCUT2D eigenvalue weighted by molar-refractivity contribution is 7.89. The summed E-state index contributed by atoms with van der Waals surface area (Å²) in [5, 5.41) is 0. The minimum Gasteiger partial charge on any atom is -0.299 e. The van der Waals surface area contributed by atoms with Gasteiger partial charge < -0.3 is 0 Å². The molecule has 6 heteroatoms. The number of hydrogen-bond donors (Lipinski definition) is 1. The van der Waals surface area contributed by atoms with Gasteiger partial charge in [0.15, 0.2) is 0 Å². The molecule has 1 unspecified atom stereocenters. The van der Waals surface area contributed by atoms with Crippen LogP contribution in [-0.2, 0) is 23.0 Å². The Morgan fingerprint density at radius 2 is 1.73 bits per heavy atom. The van der Waals surface area contributed by atoms with Crippen LogP contribution >= 0.6 is 0 Å². The standard InChI is InChI=1S/C24H31N3O2S/c28-30(29,24-8-2-1-3-9-24)25-15-23-14-20-11-13-27(23)18-22(20)17-26-12-10-19-6-4-5-7-21(19)16-26/h1-9,20,22-23,25H,10-18H2/t20-,22+,23+/m1/s1. The Balaban J connectivity index is 1.17. The lowest BCUT2D eigenvalue weighted by molar-refractivity contribution is -0.0118. The van der Waals surface area contributed by atoms with Gasteiger partial charge in [0.2, 0.25) is 10.0 Å². The molecule has 2 aromatic carbocycles. The summed E-state index contributed by atoms with van der Waals surface area (Å²) in [4.78, 5) is 5.50. The van der Waals surface area contributed by atoms with Crippen LogP contribution in [-0.4, -0.2) is 57.0 Å². The smallest absolute Gasteiger partial charge is 0.240 e. The molecule has 2 bridgehead atoms. The summed E-state index contributed by atoms with van der Waals surface area (Å²) < 4.78 is 28.0. The van der Waals surface area contributed by atoms with Crippen LogP contribution in [0.2, 0.25) is 0 Å². The highest BCUT2D eigenvalue weighted by Gasteiger charge is 2.41. The molecule has 3 fully saturated rings. The Morgan fingerprint density at radius 1 is 0.967 bits per heavy atom. The number of piperidine rings is 3. The Kier molecular flexibility index (Phi) is 5.67. The first-order chi connectivity index (χ1) is 14.6. The lowest BCUT2D eigenvalue weighted by Gasteiger charge is -2.51. The van der Waals surface area contributed by atoms with Crippen molar-refractivity contribution in [1.29, 1.82) is 0 Å². The lowest BCUT2D eigenvalue weighted by Crippen LogP contribution is -2.58. The zero-order chi connectivity index (χ0) is 20.6. The molecule has 4 aliphatic rings. The molecule has 4 aliphatic heterocycles. The van der Waals surface area contributed by atoms with Crippen molar-refractivity contribution in [2.24, 2.45) is 11.8 Å². The van der Waals surface area contributed by atoms with Gasteiger partial charge in [-0.05, 0) is 60.9 Å². The molecule has 2 aromatic rings. The molecule has 160 valence electrons. The van der Waals surface area contributed by atoms with Gasteiger partial charge in [0.05, 0.1) is 4.90 Å². The number of nitrogens with one attached hydrogen (secondary N) is 1. The average molecular weight is 426 g/mol. The zero-order valence-corrected chi connectivity index (χ0v) is 18.2. The molecule has 0 spiro atoms. The Bertz CT molecular complexity index is 979. The number of rotatable bonds is 6. The summed E-state index contributed by atoms with van der Waals surface area (Å²) in [6.45, 7) is 6.10. The fourth-order valence-corrected chi connectivity index (χ4v) is 6.69. The van der Waals surface area contributed by atoms with Gasteiger partial charge in [0.25, 0.3) is 0 Å². The molecular weight excluding hydrogens is 394 g/mol. The van der Waals surface area contributed by atoms with Crippen LogP contribution in [0.25, 0.3) is 0 Å². The molecule has 0 radical (unpaired) electrons. The summed E-state index contributed by atoms with van der Waals surface area (Å²) in [6, 6.07) is 17.8. The van der Waals surface area contributed by atoms with E-state index in [0.717, 1.165) is 45.6 Å². The fourth-order valence-electron chi connectivity index (χ4n) is 5.60. The van der Waals surface area contributed by atoms with Crippen LogP contribution < -0.4 is 4.72 Å². The highest BCUT2D eigenvalue weighted by Crippen LogP contribution is 2.37. The summed E-state index contributed by atoms with van der Waals surface area (Å²) in [6.07, 6.45) is 3.50. The van der Waals surface area contributed by atoms with E-state index in [1.54, 1.807) is 24.3 Å². The van der Waals surface area contributed by atoms with Crippen LogP contribution in [0.15, 0.2) is 59.5 Å². The largest absolute Gasteiger partial charge is 0.299 e. The molecule has 0 aromatic heterocycles. The van der Waals surface area contributed by atoms with E-state index in [4.69, 9.17) is 0 Å². The van der Waals surface area contributed by atoms with Crippen LogP contribution in [0, 0.1) is 11.8 Å². The maximum Gasteiger partial charge on any atom is 0.240 e. The molecule has 30 heavy (non-hydrogen) atoms.